The molecule has 1 aromatic heterocycles. The average Bonchev–Trinajstić information content (AvgIpc) is 2.96. The van der Waals surface area contributed by atoms with Gasteiger partial charge in [-0.05, 0) is 24.6 Å². The predicted molar refractivity (Wildman–Crippen MR) is 91.4 cm³/mol. The third-order valence-electron chi connectivity index (χ3n) is 4.16. The third-order valence-corrected chi connectivity index (χ3v) is 4.16. The van der Waals surface area contributed by atoms with Crippen LogP contribution < -0.4 is 10.6 Å². The van der Waals surface area contributed by atoms with Crippen LogP contribution in [0.4, 0.5) is 10.5 Å². The molecule has 0 radical (unpaired) electrons. The highest BCUT2D eigenvalue weighted by molar-refractivity contribution is 5.90. The number of pyridine rings is 1. The van der Waals surface area contributed by atoms with Gasteiger partial charge in [0.2, 0.25) is 5.91 Å². The molecule has 3 rings (SSSR count). The quantitative estimate of drug-likeness (QED) is 0.908. The van der Waals surface area contributed by atoms with Gasteiger partial charge in [-0.3, -0.25) is 9.78 Å². The van der Waals surface area contributed by atoms with Crippen LogP contribution in [0.2, 0.25) is 0 Å². The minimum absolute atomic E-state index is 0.00751. The van der Waals surface area contributed by atoms with Crippen LogP contribution in [0.15, 0.2) is 54.9 Å². The summed E-state index contributed by atoms with van der Waals surface area (Å²) >= 11 is 0. The number of hydrogen-bond acceptors (Lipinski definition) is 3. The number of benzene rings is 1. The van der Waals surface area contributed by atoms with E-state index in [1.807, 2.05) is 42.2 Å². The maximum Gasteiger partial charge on any atom is 0.319 e. The van der Waals surface area contributed by atoms with Gasteiger partial charge in [-0.1, -0.05) is 30.3 Å². The Morgan fingerprint density at radius 2 is 2.04 bits per heavy atom. The zero-order valence-electron chi connectivity index (χ0n) is 13.5. The number of aromatic nitrogens is 1. The van der Waals surface area contributed by atoms with Crippen molar-refractivity contribution in [3.8, 4) is 0 Å². The van der Waals surface area contributed by atoms with E-state index < -0.39 is 0 Å². The van der Waals surface area contributed by atoms with E-state index in [0.717, 1.165) is 5.56 Å². The van der Waals surface area contributed by atoms with Crippen molar-refractivity contribution in [3.05, 3.63) is 60.4 Å². The largest absolute Gasteiger partial charge is 0.334 e. The summed E-state index contributed by atoms with van der Waals surface area (Å²) in [6.45, 7) is 2.51. The first kappa shape index (κ1) is 16.0. The predicted octanol–water partition coefficient (Wildman–Crippen LogP) is 2.57. The molecular weight excluding hydrogens is 304 g/mol. The molecule has 24 heavy (non-hydrogen) atoms. The summed E-state index contributed by atoms with van der Waals surface area (Å²) in [4.78, 5) is 30.1. The molecule has 2 N–H and O–H groups in total. The topological polar surface area (TPSA) is 74.3 Å². The maximum absolute atomic E-state index is 12.3. The Labute approximate surface area is 140 Å². The van der Waals surface area contributed by atoms with Gasteiger partial charge in [-0.2, -0.15) is 0 Å². The van der Waals surface area contributed by atoms with Crippen molar-refractivity contribution in [1.29, 1.82) is 0 Å². The van der Waals surface area contributed by atoms with Crippen LogP contribution in [-0.2, 0) is 4.79 Å². The molecule has 1 aromatic carbocycles. The van der Waals surface area contributed by atoms with E-state index in [1.165, 1.54) is 0 Å². The lowest BCUT2D eigenvalue weighted by atomic mass is 10.1. The molecule has 1 saturated heterocycles. The fourth-order valence-corrected chi connectivity index (χ4v) is 2.90. The van der Waals surface area contributed by atoms with E-state index in [0.29, 0.717) is 18.7 Å². The van der Waals surface area contributed by atoms with Crippen LogP contribution in [0.3, 0.4) is 0 Å². The zero-order chi connectivity index (χ0) is 16.9. The van der Waals surface area contributed by atoms with E-state index in [1.54, 1.807) is 24.5 Å². The fraction of sp³-hybridized carbons (Fsp3) is 0.278. The summed E-state index contributed by atoms with van der Waals surface area (Å²) < 4.78 is 0. The van der Waals surface area contributed by atoms with Crippen molar-refractivity contribution < 1.29 is 9.59 Å². The van der Waals surface area contributed by atoms with Gasteiger partial charge in [0.15, 0.2) is 0 Å². The molecule has 1 aliphatic heterocycles. The first-order valence-corrected chi connectivity index (χ1v) is 7.95. The Balaban J connectivity index is 1.57. The van der Waals surface area contributed by atoms with Gasteiger partial charge < -0.3 is 15.5 Å². The number of likely N-dealkylation sites (tertiary alicyclic amines) is 1. The Bertz CT molecular complexity index is 705. The van der Waals surface area contributed by atoms with Crippen molar-refractivity contribution in [2.45, 2.75) is 25.4 Å². The van der Waals surface area contributed by atoms with Crippen LogP contribution >= 0.6 is 0 Å². The molecule has 6 heteroatoms. The van der Waals surface area contributed by atoms with Gasteiger partial charge >= 0.3 is 6.03 Å². The number of nitrogens with one attached hydrogen (secondary N) is 2. The highest BCUT2D eigenvalue weighted by Crippen LogP contribution is 2.25. The Kier molecular flexibility index (Phi) is 4.74. The molecule has 1 aliphatic rings. The van der Waals surface area contributed by atoms with Gasteiger partial charge in [0.05, 0.1) is 24.0 Å². The highest BCUT2D eigenvalue weighted by Gasteiger charge is 2.33. The van der Waals surface area contributed by atoms with E-state index in [-0.39, 0.29) is 24.0 Å². The molecule has 2 unspecified atom stereocenters. The van der Waals surface area contributed by atoms with Gasteiger partial charge in [-0.15, -0.1) is 0 Å². The van der Waals surface area contributed by atoms with Crippen molar-refractivity contribution in [2.75, 3.05) is 11.9 Å². The van der Waals surface area contributed by atoms with Crippen LogP contribution in [0, 0.1) is 0 Å². The summed E-state index contributed by atoms with van der Waals surface area (Å²) in [5.41, 5.74) is 1.71. The number of nitrogens with zero attached hydrogens (tertiary/aromatic N) is 2. The molecule has 6 nitrogen and oxygen atoms in total. The summed E-state index contributed by atoms with van der Waals surface area (Å²) in [5.74, 6) is 0.0537. The van der Waals surface area contributed by atoms with Crippen LogP contribution in [0.25, 0.3) is 0 Å². The van der Waals surface area contributed by atoms with E-state index in [4.69, 9.17) is 0 Å². The number of rotatable bonds is 4. The standard InChI is InChI=1S/C18H20N4O2/c1-13(14-6-3-2-4-7-14)22-12-16(10-17(22)23)21-18(24)20-15-8-5-9-19-11-15/h2-9,11,13,16H,10,12H2,1H3,(H2,20,21,24). The van der Waals surface area contributed by atoms with Crippen LogP contribution in [0.5, 0.6) is 0 Å². The second-order valence-corrected chi connectivity index (χ2v) is 5.87. The first-order valence-electron chi connectivity index (χ1n) is 7.95. The minimum Gasteiger partial charge on any atom is -0.334 e. The second-order valence-electron chi connectivity index (χ2n) is 5.87. The molecule has 2 atom stereocenters. The van der Waals surface area contributed by atoms with Gasteiger partial charge in [0, 0.05) is 19.2 Å². The van der Waals surface area contributed by atoms with Crippen LogP contribution in [0.1, 0.15) is 24.9 Å². The SMILES string of the molecule is CC(c1ccccc1)N1CC(NC(=O)Nc2cccnc2)CC1=O. The summed E-state index contributed by atoms with van der Waals surface area (Å²) in [6.07, 6.45) is 3.53. The zero-order valence-corrected chi connectivity index (χ0v) is 13.5. The Morgan fingerprint density at radius 3 is 2.75 bits per heavy atom. The van der Waals surface area contributed by atoms with E-state index in [9.17, 15) is 9.59 Å². The number of urea groups is 1. The molecule has 0 aliphatic carbocycles. The second kappa shape index (κ2) is 7.12. The number of amides is 3. The van der Waals surface area contributed by atoms with Gasteiger partial charge in [0.1, 0.15) is 0 Å². The van der Waals surface area contributed by atoms with Crippen molar-refractivity contribution in [2.24, 2.45) is 0 Å². The summed E-state index contributed by atoms with van der Waals surface area (Å²) in [7, 11) is 0. The van der Waals surface area contributed by atoms with Crippen molar-refractivity contribution in [1.82, 2.24) is 15.2 Å². The lowest BCUT2D eigenvalue weighted by Crippen LogP contribution is -2.40. The van der Waals surface area contributed by atoms with Crippen molar-refractivity contribution in [3.63, 3.8) is 0 Å². The van der Waals surface area contributed by atoms with E-state index in [2.05, 4.69) is 15.6 Å². The molecular formula is C18H20N4O2. The molecule has 0 bridgehead atoms. The molecule has 0 spiro atoms. The molecule has 3 amide bonds. The molecule has 0 saturated carbocycles. The summed E-state index contributed by atoms with van der Waals surface area (Å²) in [5, 5.41) is 5.57. The normalized spacial score (nSPS) is 18.3. The first-order chi connectivity index (χ1) is 11.6. The average molecular weight is 324 g/mol. The Morgan fingerprint density at radius 1 is 1.25 bits per heavy atom. The van der Waals surface area contributed by atoms with Gasteiger partial charge in [-0.25, -0.2) is 4.79 Å². The monoisotopic (exact) mass is 324 g/mol. The third kappa shape index (κ3) is 3.71. The molecule has 1 fully saturated rings. The minimum atomic E-state index is -0.324. The van der Waals surface area contributed by atoms with Crippen LogP contribution in [-0.4, -0.2) is 34.4 Å². The molecule has 124 valence electrons. The fourth-order valence-electron chi connectivity index (χ4n) is 2.90. The maximum atomic E-state index is 12.3. The molecule has 2 heterocycles. The number of hydrogen-bond donors (Lipinski definition) is 2. The molecule has 2 aromatic rings. The number of anilines is 1. The van der Waals surface area contributed by atoms with Gasteiger partial charge in [0.25, 0.3) is 0 Å². The van der Waals surface area contributed by atoms with Crippen molar-refractivity contribution >= 4 is 17.6 Å². The Hall–Kier alpha value is -2.89. The smallest absolute Gasteiger partial charge is 0.319 e. The van der Waals surface area contributed by atoms with E-state index >= 15 is 0 Å². The number of carbonyl (C=O) groups is 2. The lowest BCUT2D eigenvalue weighted by Gasteiger charge is -2.25. The lowest BCUT2D eigenvalue weighted by molar-refractivity contribution is -0.129. The number of carbonyl (C=O) groups excluding carboxylic acids is 2. The highest BCUT2D eigenvalue weighted by atomic mass is 16.2. The summed E-state index contributed by atoms with van der Waals surface area (Å²) in [6, 6.07) is 12.9.